The Labute approximate surface area is 177 Å². The van der Waals surface area contributed by atoms with Crippen LogP contribution in [0.2, 0.25) is 0 Å². The molecule has 0 spiro atoms. The van der Waals surface area contributed by atoms with Gasteiger partial charge in [0.2, 0.25) is 0 Å². The molecule has 27 heavy (non-hydrogen) atoms. The van der Waals surface area contributed by atoms with E-state index in [1.165, 1.54) is 11.6 Å². The highest BCUT2D eigenvalue weighted by atomic mass is 127. The molecule has 0 saturated heterocycles. The van der Waals surface area contributed by atoms with E-state index in [-0.39, 0.29) is 35.9 Å². The maximum atomic E-state index is 14.0. The third-order valence-electron chi connectivity index (χ3n) is 4.19. The highest BCUT2D eigenvalue weighted by Gasteiger charge is 2.20. The highest BCUT2D eigenvalue weighted by Crippen LogP contribution is 2.21. The molecule has 4 nitrogen and oxygen atoms in total. The predicted octanol–water partition coefficient (Wildman–Crippen LogP) is 4.35. The topological polar surface area (TPSA) is 60.2 Å². The van der Waals surface area contributed by atoms with Crippen LogP contribution in [0.25, 0.3) is 0 Å². The minimum atomic E-state index is -0.409. The Morgan fingerprint density at radius 1 is 1.15 bits per heavy atom. The van der Waals surface area contributed by atoms with Crippen molar-refractivity contribution in [3.63, 3.8) is 0 Å². The van der Waals surface area contributed by atoms with Crippen molar-refractivity contribution in [1.82, 2.24) is 10.6 Å². The lowest BCUT2D eigenvalue weighted by molar-refractivity contribution is 0.508. The fraction of sp³-hybridized carbons (Fsp3) is 0.333. The molecule has 0 aliphatic carbocycles. The fourth-order valence-corrected chi connectivity index (χ4v) is 2.55. The first-order chi connectivity index (χ1) is 12.5. The Bertz CT molecular complexity index is 798. The standard InChI is InChI=1S/C21H25FN4.HI/c1-4-24-20(25-14-17-11-10-16(13-23)12-19(17)22)26-15-21(2,3)18-8-6-5-7-9-18;/h5-12H,4,14-15H2,1-3H3,(H2,24,25,26);1H. The molecular formula is C21H26FIN4. The van der Waals surface area contributed by atoms with Crippen LogP contribution in [0.1, 0.15) is 37.5 Å². The van der Waals surface area contributed by atoms with Crippen molar-refractivity contribution in [2.24, 2.45) is 4.99 Å². The summed E-state index contributed by atoms with van der Waals surface area (Å²) in [5.41, 5.74) is 1.94. The van der Waals surface area contributed by atoms with Crippen molar-refractivity contribution >= 4 is 29.9 Å². The minimum absolute atomic E-state index is 0. The number of hydrogen-bond donors (Lipinski definition) is 2. The molecule has 2 aromatic carbocycles. The van der Waals surface area contributed by atoms with Gasteiger partial charge >= 0.3 is 0 Å². The van der Waals surface area contributed by atoms with Crippen LogP contribution in [0.4, 0.5) is 4.39 Å². The normalized spacial score (nSPS) is 11.3. The number of hydrogen-bond acceptors (Lipinski definition) is 2. The van der Waals surface area contributed by atoms with Crippen molar-refractivity contribution < 1.29 is 4.39 Å². The van der Waals surface area contributed by atoms with Gasteiger partial charge in [-0.05, 0) is 24.6 Å². The summed E-state index contributed by atoms with van der Waals surface area (Å²) in [7, 11) is 0. The van der Waals surface area contributed by atoms with Crippen molar-refractivity contribution in [1.29, 1.82) is 5.26 Å². The molecule has 0 amide bonds. The van der Waals surface area contributed by atoms with Gasteiger partial charge in [-0.1, -0.05) is 50.2 Å². The van der Waals surface area contributed by atoms with Gasteiger partial charge in [0.15, 0.2) is 5.96 Å². The summed E-state index contributed by atoms with van der Waals surface area (Å²) in [4.78, 5) is 4.47. The smallest absolute Gasteiger partial charge is 0.191 e. The Hall–Kier alpha value is -2.14. The molecule has 0 atom stereocenters. The van der Waals surface area contributed by atoms with Crippen LogP contribution in [-0.4, -0.2) is 19.0 Å². The Morgan fingerprint density at radius 3 is 2.44 bits per heavy atom. The largest absolute Gasteiger partial charge is 0.357 e. The third-order valence-corrected chi connectivity index (χ3v) is 4.19. The van der Waals surface area contributed by atoms with E-state index in [1.54, 1.807) is 12.1 Å². The van der Waals surface area contributed by atoms with Gasteiger partial charge in [0, 0.05) is 24.1 Å². The maximum Gasteiger partial charge on any atom is 0.191 e. The first-order valence-corrected chi connectivity index (χ1v) is 8.72. The number of aliphatic imine (C=N–C) groups is 1. The summed E-state index contributed by atoms with van der Waals surface area (Å²) >= 11 is 0. The van der Waals surface area contributed by atoms with Crippen LogP contribution in [0.3, 0.4) is 0 Å². The van der Waals surface area contributed by atoms with E-state index in [2.05, 4.69) is 41.6 Å². The van der Waals surface area contributed by atoms with Gasteiger partial charge in [0.25, 0.3) is 0 Å². The molecule has 0 bridgehead atoms. The number of rotatable bonds is 6. The monoisotopic (exact) mass is 480 g/mol. The first-order valence-electron chi connectivity index (χ1n) is 8.72. The molecule has 0 aromatic heterocycles. The summed E-state index contributed by atoms with van der Waals surface area (Å²) in [5, 5.41) is 15.3. The zero-order valence-corrected chi connectivity index (χ0v) is 18.3. The summed E-state index contributed by atoms with van der Waals surface area (Å²) in [6, 6.07) is 16.7. The molecule has 2 N–H and O–H groups in total. The van der Waals surface area contributed by atoms with Crippen molar-refractivity contribution in [2.75, 3.05) is 13.1 Å². The summed E-state index contributed by atoms with van der Waals surface area (Å²) in [5.74, 6) is 0.230. The zero-order chi connectivity index (χ0) is 19.0. The quantitative estimate of drug-likeness (QED) is 0.367. The van der Waals surface area contributed by atoms with Crippen LogP contribution >= 0.6 is 24.0 Å². The van der Waals surface area contributed by atoms with Crippen LogP contribution in [-0.2, 0) is 12.0 Å². The molecule has 0 aliphatic heterocycles. The Kier molecular flexibility index (Phi) is 9.22. The van der Waals surface area contributed by atoms with E-state index in [0.29, 0.717) is 30.2 Å². The van der Waals surface area contributed by atoms with Gasteiger partial charge in [-0.25, -0.2) is 9.38 Å². The first kappa shape index (κ1) is 22.9. The molecule has 6 heteroatoms. The Morgan fingerprint density at radius 2 is 1.85 bits per heavy atom. The van der Waals surface area contributed by atoms with E-state index < -0.39 is 5.82 Å². The lowest BCUT2D eigenvalue weighted by Gasteiger charge is -2.26. The summed E-state index contributed by atoms with van der Waals surface area (Å²) < 4.78 is 14.0. The fourth-order valence-electron chi connectivity index (χ4n) is 2.55. The van der Waals surface area contributed by atoms with Crippen molar-refractivity contribution in [2.45, 2.75) is 32.7 Å². The average Bonchev–Trinajstić information content (AvgIpc) is 2.65. The van der Waals surface area contributed by atoms with Crippen LogP contribution in [0.15, 0.2) is 53.5 Å². The van der Waals surface area contributed by atoms with Gasteiger partial charge in [-0.2, -0.15) is 5.26 Å². The van der Waals surface area contributed by atoms with E-state index >= 15 is 0 Å². The third kappa shape index (κ3) is 6.83. The number of halogens is 2. The van der Waals surface area contributed by atoms with E-state index in [4.69, 9.17) is 5.26 Å². The molecule has 0 fully saturated rings. The van der Waals surface area contributed by atoms with Crippen molar-refractivity contribution in [3.8, 4) is 6.07 Å². The van der Waals surface area contributed by atoms with Gasteiger partial charge in [-0.3, -0.25) is 0 Å². The molecule has 0 saturated carbocycles. The second kappa shape index (κ2) is 10.9. The number of nitrogens with zero attached hydrogens (tertiary/aromatic N) is 2. The molecule has 0 heterocycles. The molecule has 2 rings (SSSR count). The molecule has 144 valence electrons. The lowest BCUT2D eigenvalue weighted by atomic mass is 9.85. The molecular weight excluding hydrogens is 454 g/mol. The lowest BCUT2D eigenvalue weighted by Crippen LogP contribution is -2.43. The molecule has 0 unspecified atom stereocenters. The van der Waals surface area contributed by atoms with E-state index in [0.717, 1.165) is 0 Å². The van der Waals surface area contributed by atoms with Crippen LogP contribution in [0.5, 0.6) is 0 Å². The SMILES string of the molecule is CCNC(=NCc1ccc(C#N)cc1F)NCC(C)(C)c1ccccc1.I. The van der Waals surface area contributed by atoms with Gasteiger partial charge in [0.1, 0.15) is 5.82 Å². The van der Waals surface area contributed by atoms with Crippen LogP contribution < -0.4 is 10.6 Å². The maximum absolute atomic E-state index is 14.0. The predicted molar refractivity (Wildman–Crippen MR) is 119 cm³/mol. The Balaban J connectivity index is 0.00000364. The second-order valence-corrected chi connectivity index (χ2v) is 6.72. The van der Waals surface area contributed by atoms with E-state index in [1.807, 2.05) is 31.2 Å². The molecule has 0 radical (unpaired) electrons. The van der Waals surface area contributed by atoms with Gasteiger partial charge in [-0.15, -0.1) is 24.0 Å². The van der Waals surface area contributed by atoms with Gasteiger partial charge in [0.05, 0.1) is 18.2 Å². The zero-order valence-electron chi connectivity index (χ0n) is 15.9. The average molecular weight is 480 g/mol. The molecule has 2 aromatic rings. The van der Waals surface area contributed by atoms with Gasteiger partial charge < -0.3 is 10.6 Å². The number of nitrogens with one attached hydrogen (secondary N) is 2. The summed E-state index contributed by atoms with van der Waals surface area (Å²) in [6.07, 6.45) is 0. The molecule has 0 aliphatic rings. The van der Waals surface area contributed by atoms with Crippen molar-refractivity contribution in [3.05, 3.63) is 71.0 Å². The van der Waals surface area contributed by atoms with Crippen LogP contribution in [0, 0.1) is 17.1 Å². The second-order valence-electron chi connectivity index (χ2n) is 6.72. The minimum Gasteiger partial charge on any atom is -0.357 e. The highest BCUT2D eigenvalue weighted by molar-refractivity contribution is 14.0. The number of benzene rings is 2. The number of guanidine groups is 1. The van der Waals surface area contributed by atoms with E-state index in [9.17, 15) is 4.39 Å². The summed E-state index contributed by atoms with van der Waals surface area (Å²) in [6.45, 7) is 7.94. The number of nitriles is 1.